The van der Waals surface area contributed by atoms with Crippen LogP contribution < -0.4 is 10.1 Å². The van der Waals surface area contributed by atoms with Crippen molar-refractivity contribution in [3.05, 3.63) is 54.1 Å². The number of anilines is 1. The Bertz CT molecular complexity index is 953. The fourth-order valence-electron chi connectivity index (χ4n) is 2.27. The van der Waals surface area contributed by atoms with Crippen LogP contribution in [0.1, 0.15) is 24.2 Å². The molecule has 0 heterocycles. The van der Waals surface area contributed by atoms with Crippen LogP contribution in [0.4, 0.5) is 5.69 Å². The van der Waals surface area contributed by atoms with Gasteiger partial charge in [0.05, 0.1) is 22.8 Å². The number of sulfone groups is 1. The van der Waals surface area contributed by atoms with Crippen LogP contribution in [0.2, 0.25) is 0 Å². The monoisotopic (exact) mass is 405 g/mol. The lowest BCUT2D eigenvalue weighted by atomic mass is 10.2. The number of carbonyl (C=O) groups excluding carboxylic acids is 2. The summed E-state index contributed by atoms with van der Waals surface area (Å²) >= 11 is 0. The molecule has 0 bridgehead atoms. The molecule has 7 nitrogen and oxygen atoms in total. The van der Waals surface area contributed by atoms with Gasteiger partial charge in [0, 0.05) is 6.26 Å². The number of rotatable bonds is 8. The Labute approximate surface area is 164 Å². The minimum Gasteiger partial charge on any atom is -0.493 e. The molecule has 0 aromatic heterocycles. The fourth-order valence-corrected chi connectivity index (χ4v) is 3.11. The second kappa shape index (κ2) is 9.36. The average molecular weight is 405 g/mol. The summed E-state index contributed by atoms with van der Waals surface area (Å²) in [6.07, 6.45) is 1.05. The van der Waals surface area contributed by atoms with Gasteiger partial charge in [0.2, 0.25) is 0 Å². The van der Waals surface area contributed by atoms with E-state index in [1.807, 2.05) is 13.8 Å². The first-order valence-corrected chi connectivity index (χ1v) is 10.5. The maximum Gasteiger partial charge on any atom is 0.338 e. The van der Waals surface area contributed by atoms with Gasteiger partial charge in [-0.3, -0.25) is 4.79 Å². The number of hydrogen-bond donors (Lipinski definition) is 1. The first-order valence-electron chi connectivity index (χ1n) is 8.65. The predicted molar refractivity (Wildman–Crippen MR) is 105 cm³/mol. The lowest BCUT2D eigenvalue weighted by Gasteiger charge is -2.11. The molecule has 0 aliphatic heterocycles. The molecule has 2 rings (SSSR count). The Morgan fingerprint density at radius 2 is 1.79 bits per heavy atom. The summed E-state index contributed by atoms with van der Waals surface area (Å²) < 4.78 is 34.1. The van der Waals surface area contributed by atoms with E-state index in [-0.39, 0.29) is 16.1 Å². The molecule has 1 amide bonds. The molecule has 1 N–H and O–H groups in total. The standard InChI is InChI=1S/C20H23NO6S/c1-14(2)12-26-16-8-6-7-15(11-16)20(23)27-13-19(22)21-17-9-4-5-10-18(17)28(3,24)25/h4-11,14H,12-13H2,1-3H3,(H,21,22). The average Bonchev–Trinajstić information content (AvgIpc) is 2.64. The van der Waals surface area contributed by atoms with Gasteiger partial charge < -0.3 is 14.8 Å². The highest BCUT2D eigenvalue weighted by Crippen LogP contribution is 2.20. The molecule has 0 fully saturated rings. The zero-order chi connectivity index (χ0) is 20.7. The van der Waals surface area contributed by atoms with Crippen molar-refractivity contribution in [2.75, 3.05) is 24.8 Å². The van der Waals surface area contributed by atoms with Gasteiger partial charge in [0.25, 0.3) is 5.91 Å². The van der Waals surface area contributed by atoms with Crippen molar-refractivity contribution in [2.24, 2.45) is 5.92 Å². The van der Waals surface area contributed by atoms with Crippen molar-refractivity contribution in [1.29, 1.82) is 0 Å². The van der Waals surface area contributed by atoms with Crippen molar-refractivity contribution in [1.82, 2.24) is 0 Å². The quantitative estimate of drug-likeness (QED) is 0.678. The number of benzene rings is 2. The van der Waals surface area contributed by atoms with Gasteiger partial charge in [-0.1, -0.05) is 32.0 Å². The Hall–Kier alpha value is -2.87. The molecular weight excluding hydrogens is 382 g/mol. The van der Waals surface area contributed by atoms with Crippen LogP contribution in [0.15, 0.2) is 53.4 Å². The number of ether oxygens (including phenoxy) is 2. The molecule has 0 unspecified atom stereocenters. The van der Waals surface area contributed by atoms with Crippen LogP contribution in [0, 0.1) is 5.92 Å². The normalized spacial score (nSPS) is 11.1. The van der Waals surface area contributed by atoms with Crippen LogP contribution in [0.5, 0.6) is 5.75 Å². The first-order chi connectivity index (χ1) is 13.2. The van der Waals surface area contributed by atoms with E-state index in [1.54, 1.807) is 36.4 Å². The summed E-state index contributed by atoms with van der Waals surface area (Å²) in [7, 11) is -3.51. The Morgan fingerprint density at radius 3 is 2.46 bits per heavy atom. The second-order valence-corrected chi connectivity index (χ2v) is 8.61. The lowest BCUT2D eigenvalue weighted by molar-refractivity contribution is -0.119. The number of hydrogen-bond acceptors (Lipinski definition) is 6. The van der Waals surface area contributed by atoms with Crippen LogP contribution in [0.25, 0.3) is 0 Å². The summed E-state index contributed by atoms with van der Waals surface area (Å²) in [5.74, 6) is -0.443. The second-order valence-electron chi connectivity index (χ2n) is 6.63. The van der Waals surface area contributed by atoms with Crippen molar-refractivity contribution in [2.45, 2.75) is 18.7 Å². The third-order valence-electron chi connectivity index (χ3n) is 3.55. The van der Waals surface area contributed by atoms with Crippen molar-refractivity contribution >= 4 is 27.4 Å². The Kier molecular flexibility index (Phi) is 7.17. The van der Waals surface area contributed by atoms with Crippen LogP contribution in [0.3, 0.4) is 0 Å². The van der Waals surface area contributed by atoms with E-state index in [9.17, 15) is 18.0 Å². The maximum absolute atomic E-state index is 12.2. The van der Waals surface area contributed by atoms with Crippen molar-refractivity contribution < 1.29 is 27.5 Å². The van der Waals surface area contributed by atoms with E-state index in [0.717, 1.165) is 6.26 Å². The molecular formula is C20H23NO6S. The summed E-state index contributed by atoms with van der Waals surface area (Å²) in [5.41, 5.74) is 0.390. The Balaban J connectivity index is 1.97. The molecule has 28 heavy (non-hydrogen) atoms. The zero-order valence-corrected chi connectivity index (χ0v) is 16.8. The summed E-state index contributed by atoms with van der Waals surface area (Å²) in [6.45, 7) is 3.99. The minimum atomic E-state index is -3.51. The molecule has 0 atom stereocenters. The van der Waals surface area contributed by atoms with Crippen LogP contribution >= 0.6 is 0 Å². The molecule has 8 heteroatoms. The zero-order valence-electron chi connectivity index (χ0n) is 16.0. The highest BCUT2D eigenvalue weighted by Gasteiger charge is 2.16. The summed E-state index contributed by atoms with van der Waals surface area (Å²) in [6, 6.07) is 12.5. The topological polar surface area (TPSA) is 98.8 Å². The largest absolute Gasteiger partial charge is 0.493 e. The van der Waals surface area contributed by atoms with E-state index >= 15 is 0 Å². The minimum absolute atomic E-state index is 0.00956. The first kappa shape index (κ1) is 21.4. The van der Waals surface area contributed by atoms with Gasteiger partial charge >= 0.3 is 5.97 Å². The summed E-state index contributed by atoms with van der Waals surface area (Å²) in [4.78, 5) is 24.2. The molecule has 0 saturated carbocycles. The van der Waals surface area contributed by atoms with Gasteiger partial charge in [0.15, 0.2) is 16.4 Å². The molecule has 2 aromatic carbocycles. The van der Waals surface area contributed by atoms with Crippen LogP contribution in [-0.2, 0) is 19.4 Å². The number of esters is 1. The van der Waals surface area contributed by atoms with E-state index < -0.39 is 28.3 Å². The van der Waals surface area contributed by atoms with E-state index in [0.29, 0.717) is 18.3 Å². The summed E-state index contributed by atoms with van der Waals surface area (Å²) in [5, 5.41) is 2.45. The molecule has 0 radical (unpaired) electrons. The molecule has 0 aliphatic carbocycles. The smallest absolute Gasteiger partial charge is 0.338 e. The fraction of sp³-hybridized carbons (Fsp3) is 0.300. The number of amides is 1. The van der Waals surface area contributed by atoms with Crippen LogP contribution in [-0.4, -0.2) is 39.8 Å². The maximum atomic E-state index is 12.2. The highest BCUT2D eigenvalue weighted by molar-refractivity contribution is 7.90. The van der Waals surface area contributed by atoms with E-state index in [1.165, 1.54) is 12.1 Å². The third-order valence-corrected chi connectivity index (χ3v) is 4.70. The van der Waals surface area contributed by atoms with E-state index in [4.69, 9.17) is 9.47 Å². The van der Waals surface area contributed by atoms with Gasteiger partial charge in [-0.2, -0.15) is 0 Å². The van der Waals surface area contributed by atoms with Crippen molar-refractivity contribution in [3.8, 4) is 5.75 Å². The highest BCUT2D eigenvalue weighted by atomic mass is 32.2. The van der Waals surface area contributed by atoms with Crippen molar-refractivity contribution in [3.63, 3.8) is 0 Å². The third kappa shape index (κ3) is 6.38. The number of nitrogens with one attached hydrogen (secondary N) is 1. The molecule has 150 valence electrons. The lowest BCUT2D eigenvalue weighted by Crippen LogP contribution is -2.22. The van der Waals surface area contributed by atoms with Gasteiger partial charge in [-0.25, -0.2) is 13.2 Å². The number of carbonyl (C=O) groups is 2. The molecule has 0 spiro atoms. The Morgan fingerprint density at radius 1 is 1.07 bits per heavy atom. The predicted octanol–water partition coefficient (Wildman–Crippen LogP) is 2.92. The van der Waals surface area contributed by atoms with Gasteiger partial charge in [-0.15, -0.1) is 0 Å². The number of para-hydroxylation sites is 1. The molecule has 2 aromatic rings. The van der Waals surface area contributed by atoms with E-state index in [2.05, 4.69) is 5.32 Å². The molecule has 0 saturated heterocycles. The SMILES string of the molecule is CC(C)COc1cccc(C(=O)OCC(=O)Nc2ccccc2S(C)(=O)=O)c1. The van der Waals surface area contributed by atoms with Gasteiger partial charge in [0.1, 0.15) is 5.75 Å². The molecule has 0 aliphatic rings. The van der Waals surface area contributed by atoms with Gasteiger partial charge in [-0.05, 0) is 36.2 Å².